The molecule has 1 aromatic carbocycles. The first-order valence-corrected chi connectivity index (χ1v) is 10.0. The van der Waals surface area contributed by atoms with Crippen molar-refractivity contribution in [1.29, 1.82) is 0 Å². The number of thioether (sulfide) groups is 1. The minimum atomic E-state index is -0.771. The highest BCUT2D eigenvalue weighted by Gasteiger charge is 2.37. The number of carboxylic acid groups (broad SMARTS) is 1. The summed E-state index contributed by atoms with van der Waals surface area (Å²) in [4.78, 5) is 26.3. The molecule has 0 aromatic heterocycles. The predicted molar refractivity (Wildman–Crippen MR) is 101 cm³/mol. The van der Waals surface area contributed by atoms with Crippen molar-refractivity contribution in [2.45, 2.75) is 42.7 Å². The zero-order valence-corrected chi connectivity index (χ0v) is 15.8. The highest BCUT2D eigenvalue weighted by Crippen LogP contribution is 2.33. The maximum absolute atomic E-state index is 12.1. The maximum atomic E-state index is 12.1. The van der Waals surface area contributed by atoms with Gasteiger partial charge in [-0.3, -0.25) is 14.5 Å². The molecule has 0 heterocycles. The topological polar surface area (TPSA) is 78.9 Å². The van der Waals surface area contributed by atoms with Crippen LogP contribution in [-0.2, 0) is 9.59 Å². The lowest BCUT2D eigenvalue weighted by atomic mass is 9.85. The third-order valence-corrected chi connectivity index (χ3v) is 5.93. The molecule has 0 bridgehead atoms. The van der Waals surface area contributed by atoms with Gasteiger partial charge in [-0.1, -0.05) is 6.07 Å². The van der Waals surface area contributed by atoms with Gasteiger partial charge in [-0.2, -0.15) is 0 Å². The molecule has 6 nitrogen and oxygen atoms in total. The van der Waals surface area contributed by atoms with Gasteiger partial charge in [0.25, 0.3) is 0 Å². The quantitative estimate of drug-likeness (QED) is 0.608. The SMILES string of the molecule is COc1cccc(SCC(=O)NC2CC(N(CC(=O)O)CC3CC3)C2)c1. The number of amides is 1. The molecule has 0 spiro atoms. The van der Waals surface area contributed by atoms with Crippen LogP contribution in [0.3, 0.4) is 0 Å². The van der Waals surface area contributed by atoms with E-state index in [0.29, 0.717) is 11.7 Å². The third-order valence-electron chi connectivity index (χ3n) is 4.93. The minimum absolute atomic E-state index is 0.0215. The van der Waals surface area contributed by atoms with E-state index >= 15 is 0 Å². The van der Waals surface area contributed by atoms with Gasteiger partial charge in [-0.25, -0.2) is 0 Å². The van der Waals surface area contributed by atoms with Crippen LogP contribution >= 0.6 is 11.8 Å². The lowest BCUT2D eigenvalue weighted by molar-refractivity contribution is -0.140. The van der Waals surface area contributed by atoms with Crippen molar-refractivity contribution in [3.05, 3.63) is 24.3 Å². The van der Waals surface area contributed by atoms with Gasteiger partial charge in [0.1, 0.15) is 5.75 Å². The van der Waals surface area contributed by atoms with Crippen molar-refractivity contribution in [3.63, 3.8) is 0 Å². The summed E-state index contributed by atoms with van der Waals surface area (Å²) in [5, 5.41) is 12.1. The van der Waals surface area contributed by atoms with Crippen LogP contribution < -0.4 is 10.1 Å². The van der Waals surface area contributed by atoms with E-state index in [1.165, 1.54) is 24.6 Å². The Hall–Kier alpha value is -1.73. The molecule has 0 aliphatic heterocycles. The van der Waals surface area contributed by atoms with Crippen LogP contribution in [0.5, 0.6) is 5.75 Å². The first kappa shape index (κ1) is 19.0. The summed E-state index contributed by atoms with van der Waals surface area (Å²) in [6.45, 7) is 0.983. The Kier molecular flexibility index (Phi) is 6.43. The number of hydrogen-bond donors (Lipinski definition) is 2. The molecule has 0 atom stereocenters. The molecule has 7 heteroatoms. The number of hydrogen-bond acceptors (Lipinski definition) is 5. The first-order valence-electron chi connectivity index (χ1n) is 9.05. The smallest absolute Gasteiger partial charge is 0.317 e. The number of nitrogens with one attached hydrogen (secondary N) is 1. The van der Waals surface area contributed by atoms with Crippen molar-refractivity contribution in [2.24, 2.45) is 5.92 Å². The number of rotatable bonds is 10. The van der Waals surface area contributed by atoms with Crippen molar-refractivity contribution >= 4 is 23.6 Å². The van der Waals surface area contributed by atoms with Crippen LogP contribution in [0.1, 0.15) is 25.7 Å². The number of carbonyl (C=O) groups is 2. The fourth-order valence-corrected chi connectivity index (χ4v) is 4.02. The molecule has 1 aromatic rings. The lowest BCUT2D eigenvalue weighted by Gasteiger charge is -2.42. The van der Waals surface area contributed by atoms with Gasteiger partial charge in [-0.05, 0) is 49.8 Å². The molecule has 2 aliphatic carbocycles. The minimum Gasteiger partial charge on any atom is -0.497 e. The fourth-order valence-electron chi connectivity index (χ4n) is 3.26. The Labute approximate surface area is 158 Å². The molecular formula is C19H26N2O4S. The largest absolute Gasteiger partial charge is 0.497 e. The van der Waals surface area contributed by atoms with Gasteiger partial charge < -0.3 is 15.2 Å². The van der Waals surface area contributed by atoms with Crippen molar-refractivity contribution < 1.29 is 19.4 Å². The molecule has 1 amide bonds. The summed E-state index contributed by atoms with van der Waals surface area (Å²) in [6.07, 6.45) is 4.11. The standard InChI is InChI=1S/C19H26N2O4S/c1-25-16-3-2-4-17(9-16)26-12-18(22)20-14-7-15(8-14)21(11-19(23)24)10-13-5-6-13/h2-4,9,13-15H,5-8,10-12H2,1H3,(H,20,22)(H,23,24). The van der Waals surface area contributed by atoms with Crippen LogP contribution in [0.15, 0.2) is 29.2 Å². The molecule has 0 unspecified atom stereocenters. The second-order valence-corrected chi connectivity index (χ2v) is 8.17. The van der Waals surface area contributed by atoms with Crippen LogP contribution in [0.2, 0.25) is 0 Å². The average molecular weight is 378 g/mol. The van der Waals surface area contributed by atoms with Gasteiger partial charge in [0.05, 0.1) is 19.4 Å². The Morgan fingerprint density at radius 2 is 2.12 bits per heavy atom. The zero-order chi connectivity index (χ0) is 18.5. The molecular weight excluding hydrogens is 352 g/mol. The van der Waals surface area contributed by atoms with Gasteiger partial charge in [0.15, 0.2) is 0 Å². The summed E-state index contributed by atoms with van der Waals surface area (Å²) in [6, 6.07) is 8.10. The van der Waals surface area contributed by atoms with Crippen molar-refractivity contribution in [3.8, 4) is 5.75 Å². The highest BCUT2D eigenvalue weighted by atomic mass is 32.2. The van der Waals surface area contributed by atoms with Gasteiger partial charge in [0, 0.05) is 23.5 Å². The molecule has 0 saturated heterocycles. The monoisotopic (exact) mass is 378 g/mol. The van der Waals surface area contributed by atoms with Crippen LogP contribution in [0.4, 0.5) is 0 Å². The third kappa shape index (κ3) is 5.64. The molecule has 26 heavy (non-hydrogen) atoms. The van der Waals surface area contributed by atoms with E-state index in [9.17, 15) is 9.59 Å². The number of carboxylic acids is 1. The van der Waals surface area contributed by atoms with E-state index in [4.69, 9.17) is 9.84 Å². The summed E-state index contributed by atoms with van der Waals surface area (Å²) in [7, 11) is 1.63. The summed E-state index contributed by atoms with van der Waals surface area (Å²) in [5.74, 6) is 1.07. The normalized spacial score (nSPS) is 21.9. The van der Waals surface area contributed by atoms with Gasteiger partial charge >= 0.3 is 5.97 Å². The average Bonchev–Trinajstić information content (AvgIpc) is 3.39. The molecule has 142 valence electrons. The van der Waals surface area contributed by atoms with E-state index < -0.39 is 5.97 Å². The number of nitrogens with zero attached hydrogens (tertiary/aromatic N) is 1. The van der Waals surface area contributed by atoms with Crippen LogP contribution in [0.25, 0.3) is 0 Å². The van der Waals surface area contributed by atoms with Crippen molar-refractivity contribution in [1.82, 2.24) is 10.2 Å². The van der Waals surface area contributed by atoms with E-state index in [2.05, 4.69) is 10.2 Å². The number of methoxy groups -OCH3 is 1. The van der Waals surface area contributed by atoms with Crippen molar-refractivity contribution in [2.75, 3.05) is 26.0 Å². The summed E-state index contributed by atoms with van der Waals surface area (Å²) >= 11 is 1.49. The van der Waals surface area contributed by atoms with E-state index in [1.807, 2.05) is 24.3 Å². The maximum Gasteiger partial charge on any atom is 0.317 e. The number of carbonyl (C=O) groups excluding carboxylic acids is 1. The molecule has 2 fully saturated rings. The second kappa shape index (κ2) is 8.77. The second-order valence-electron chi connectivity index (χ2n) is 7.12. The zero-order valence-electron chi connectivity index (χ0n) is 15.0. The summed E-state index contributed by atoms with van der Waals surface area (Å²) < 4.78 is 5.19. The van der Waals surface area contributed by atoms with Crippen LogP contribution in [0, 0.1) is 5.92 Å². The fraction of sp³-hybridized carbons (Fsp3) is 0.579. The Morgan fingerprint density at radius 3 is 2.77 bits per heavy atom. The van der Waals surface area contributed by atoms with E-state index in [0.717, 1.165) is 30.0 Å². The molecule has 2 saturated carbocycles. The molecule has 0 radical (unpaired) electrons. The number of ether oxygens (including phenoxy) is 1. The van der Waals surface area contributed by atoms with Gasteiger partial charge in [-0.15, -0.1) is 11.8 Å². The Balaban J connectivity index is 1.38. The number of benzene rings is 1. The van der Waals surface area contributed by atoms with E-state index in [-0.39, 0.29) is 24.5 Å². The Morgan fingerprint density at radius 1 is 1.35 bits per heavy atom. The number of aliphatic carboxylic acids is 1. The van der Waals surface area contributed by atoms with Crippen LogP contribution in [-0.4, -0.2) is 59.9 Å². The lowest BCUT2D eigenvalue weighted by Crippen LogP contribution is -2.55. The van der Waals surface area contributed by atoms with E-state index in [1.54, 1.807) is 7.11 Å². The Bertz CT molecular complexity index is 644. The predicted octanol–water partition coefficient (Wildman–Crippen LogP) is 2.23. The van der Waals surface area contributed by atoms with Gasteiger partial charge in [0.2, 0.25) is 5.91 Å². The first-order chi connectivity index (χ1) is 12.5. The molecule has 3 rings (SSSR count). The molecule has 2 aliphatic rings. The highest BCUT2D eigenvalue weighted by molar-refractivity contribution is 8.00. The summed E-state index contributed by atoms with van der Waals surface area (Å²) in [5.41, 5.74) is 0. The molecule has 2 N–H and O–H groups in total.